The number of aryl methyl sites for hydroxylation is 3. The molecule has 0 heterocycles. The Kier molecular flexibility index (Phi) is 4.99. The molecule has 2 aromatic carbocycles. The van der Waals surface area contributed by atoms with Crippen molar-refractivity contribution in [1.29, 1.82) is 0 Å². The smallest absolute Gasteiger partial charge is 0.243 e. The highest BCUT2D eigenvalue weighted by molar-refractivity contribution is 5.94. The number of anilines is 2. The van der Waals surface area contributed by atoms with Gasteiger partial charge in [-0.05, 0) is 49.1 Å². The third-order valence-electron chi connectivity index (χ3n) is 3.50. The average Bonchev–Trinajstić information content (AvgIpc) is 2.49. The molecule has 0 aromatic heterocycles. The van der Waals surface area contributed by atoms with Gasteiger partial charge in [0.25, 0.3) is 0 Å². The molecule has 0 saturated heterocycles. The second-order valence-electron chi connectivity index (χ2n) is 5.23. The van der Waals surface area contributed by atoms with E-state index in [0.29, 0.717) is 0 Å². The summed E-state index contributed by atoms with van der Waals surface area (Å²) in [6.45, 7) is 6.39. The Balaban J connectivity index is 1.97. The molecule has 0 spiro atoms. The van der Waals surface area contributed by atoms with E-state index in [0.717, 1.165) is 28.9 Å². The van der Waals surface area contributed by atoms with Crippen LogP contribution in [0.2, 0.25) is 0 Å². The van der Waals surface area contributed by atoms with Crippen molar-refractivity contribution < 1.29 is 4.79 Å². The van der Waals surface area contributed by atoms with Crippen LogP contribution < -0.4 is 10.6 Å². The molecule has 0 radical (unpaired) electrons. The molecular formula is C18H22N2O. The number of carbonyl (C=O) groups excluding carboxylic acids is 1. The summed E-state index contributed by atoms with van der Waals surface area (Å²) in [5.74, 6) is -0.0328. The maximum Gasteiger partial charge on any atom is 0.243 e. The minimum atomic E-state index is -0.0328. The molecule has 2 aromatic rings. The molecule has 0 aliphatic carbocycles. The van der Waals surface area contributed by atoms with E-state index < -0.39 is 0 Å². The van der Waals surface area contributed by atoms with Crippen LogP contribution in [-0.4, -0.2) is 12.5 Å². The number of nitrogens with one attached hydrogen (secondary N) is 2. The van der Waals surface area contributed by atoms with Crippen LogP contribution in [0.3, 0.4) is 0 Å². The van der Waals surface area contributed by atoms with Gasteiger partial charge < -0.3 is 10.6 Å². The van der Waals surface area contributed by atoms with Gasteiger partial charge in [0.05, 0.1) is 6.54 Å². The third kappa shape index (κ3) is 4.09. The van der Waals surface area contributed by atoms with E-state index in [2.05, 4.69) is 23.6 Å². The topological polar surface area (TPSA) is 41.1 Å². The van der Waals surface area contributed by atoms with Gasteiger partial charge in [0.2, 0.25) is 5.91 Å². The predicted molar refractivity (Wildman–Crippen MR) is 88.9 cm³/mol. The average molecular weight is 282 g/mol. The normalized spacial score (nSPS) is 10.2. The summed E-state index contributed by atoms with van der Waals surface area (Å²) in [7, 11) is 0. The lowest BCUT2D eigenvalue weighted by Crippen LogP contribution is -2.22. The highest BCUT2D eigenvalue weighted by Gasteiger charge is 2.06. The van der Waals surface area contributed by atoms with Gasteiger partial charge in [-0.15, -0.1) is 0 Å². The molecule has 0 unspecified atom stereocenters. The molecule has 0 atom stereocenters. The fourth-order valence-electron chi connectivity index (χ4n) is 2.24. The first-order valence-electron chi connectivity index (χ1n) is 7.29. The van der Waals surface area contributed by atoms with Crippen molar-refractivity contribution in [3.8, 4) is 0 Å². The Morgan fingerprint density at radius 1 is 1.05 bits per heavy atom. The summed E-state index contributed by atoms with van der Waals surface area (Å²) in [5.41, 5.74) is 5.34. The zero-order valence-corrected chi connectivity index (χ0v) is 12.9. The van der Waals surface area contributed by atoms with E-state index in [4.69, 9.17) is 0 Å². The number of rotatable bonds is 5. The van der Waals surface area contributed by atoms with Crippen LogP contribution in [0.5, 0.6) is 0 Å². The van der Waals surface area contributed by atoms with Crippen LogP contribution in [0, 0.1) is 13.8 Å². The standard InChI is InChI=1S/C18H22N2O/c1-4-15-7-5-6-8-16(15)19-12-18(21)20-17-11-13(2)9-10-14(17)3/h5-11,19H,4,12H2,1-3H3,(H,20,21). The molecule has 110 valence electrons. The van der Waals surface area contributed by atoms with Crippen LogP contribution in [-0.2, 0) is 11.2 Å². The fraction of sp³-hybridized carbons (Fsp3) is 0.278. The number of para-hydroxylation sites is 1. The molecule has 0 fully saturated rings. The fourth-order valence-corrected chi connectivity index (χ4v) is 2.24. The molecule has 0 bridgehead atoms. The minimum Gasteiger partial charge on any atom is -0.376 e. The van der Waals surface area contributed by atoms with Gasteiger partial charge in [0, 0.05) is 11.4 Å². The Bertz CT molecular complexity index is 635. The van der Waals surface area contributed by atoms with Crippen molar-refractivity contribution in [3.63, 3.8) is 0 Å². The van der Waals surface area contributed by atoms with E-state index >= 15 is 0 Å². The summed E-state index contributed by atoms with van der Waals surface area (Å²) in [4.78, 5) is 12.1. The third-order valence-corrected chi connectivity index (χ3v) is 3.50. The predicted octanol–water partition coefficient (Wildman–Crippen LogP) is 3.92. The quantitative estimate of drug-likeness (QED) is 0.872. The lowest BCUT2D eigenvalue weighted by Gasteiger charge is -2.12. The summed E-state index contributed by atoms with van der Waals surface area (Å²) < 4.78 is 0. The van der Waals surface area contributed by atoms with Gasteiger partial charge in [-0.1, -0.05) is 37.3 Å². The largest absolute Gasteiger partial charge is 0.376 e. The minimum absolute atomic E-state index is 0.0328. The number of carbonyl (C=O) groups is 1. The Morgan fingerprint density at radius 2 is 1.81 bits per heavy atom. The van der Waals surface area contributed by atoms with E-state index in [1.165, 1.54) is 5.56 Å². The lowest BCUT2D eigenvalue weighted by atomic mass is 10.1. The van der Waals surface area contributed by atoms with Gasteiger partial charge >= 0.3 is 0 Å². The van der Waals surface area contributed by atoms with Crippen LogP contribution in [0.25, 0.3) is 0 Å². The second kappa shape index (κ2) is 6.93. The molecule has 0 aliphatic heterocycles. The van der Waals surface area contributed by atoms with Crippen molar-refractivity contribution in [2.45, 2.75) is 27.2 Å². The SMILES string of the molecule is CCc1ccccc1NCC(=O)Nc1cc(C)ccc1C. The highest BCUT2D eigenvalue weighted by atomic mass is 16.1. The first kappa shape index (κ1) is 15.1. The van der Waals surface area contributed by atoms with Crippen molar-refractivity contribution >= 4 is 17.3 Å². The highest BCUT2D eigenvalue weighted by Crippen LogP contribution is 2.17. The van der Waals surface area contributed by atoms with Gasteiger partial charge in [-0.3, -0.25) is 4.79 Å². The van der Waals surface area contributed by atoms with Crippen LogP contribution >= 0.6 is 0 Å². The van der Waals surface area contributed by atoms with Gasteiger partial charge in [-0.2, -0.15) is 0 Å². The molecule has 2 rings (SSSR count). The maximum atomic E-state index is 12.1. The maximum absolute atomic E-state index is 12.1. The van der Waals surface area contributed by atoms with E-state index in [9.17, 15) is 4.79 Å². The van der Waals surface area contributed by atoms with Crippen LogP contribution in [0.1, 0.15) is 23.6 Å². The molecular weight excluding hydrogens is 260 g/mol. The molecule has 0 saturated carbocycles. The van der Waals surface area contributed by atoms with Crippen molar-refractivity contribution in [2.75, 3.05) is 17.2 Å². The van der Waals surface area contributed by atoms with Crippen LogP contribution in [0.4, 0.5) is 11.4 Å². The molecule has 1 amide bonds. The second-order valence-corrected chi connectivity index (χ2v) is 5.23. The zero-order chi connectivity index (χ0) is 15.2. The Hall–Kier alpha value is -2.29. The number of benzene rings is 2. The Morgan fingerprint density at radius 3 is 2.57 bits per heavy atom. The zero-order valence-electron chi connectivity index (χ0n) is 12.9. The van der Waals surface area contributed by atoms with E-state index in [1.54, 1.807) is 0 Å². The first-order chi connectivity index (χ1) is 10.1. The summed E-state index contributed by atoms with van der Waals surface area (Å²) in [6.07, 6.45) is 0.946. The Labute approximate surface area is 126 Å². The molecule has 0 aliphatic rings. The lowest BCUT2D eigenvalue weighted by molar-refractivity contribution is -0.114. The van der Waals surface area contributed by atoms with Gasteiger partial charge in [0.1, 0.15) is 0 Å². The van der Waals surface area contributed by atoms with Crippen molar-refractivity contribution in [3.05, 3.63) is 59.2 Å². The number of hydrogen-bond acceptors (Lipinski definition) is 2. The van der Waals surface area contributed by atoms with Crippen LogP contribution in [0.15, 0.2) is 42.5 Å². The summed E-state index contributed by atoms with van der Waals surface area (Å²) in [6, 6.07) is 14.1. The monoisotopic (exact) mass is 282 g/mol. The molecule has 3 nitrogen and oxygen atoms in total. The van der Waals surface area contributed by atoms with Gasteiger partial charge in [-0.25, -0.2) is 0 Å². The van der Waals surface area contributed by atoms with E-state index in [1.807, 2.05) is 50.2 Å². The molecule has 21 heavy (non-hydrogen) atoms. The number of amides is 1. The van der Waals surface area contributed by atoms with Gasteiger partial charge in [0.15, 0.2) is 0 Å². The summed E-state index contributed by atoms with van der Waals surface area (Å²) >= 11 is 0. The van der Waals surface area contributed by atoms with Crippen molar-refractivity contribution in [1.82, 2.24) is 0 Å². The first-order valence-corrected chi connectivity index (χ1v) is 7.29. The van der Waals surface area contributed by atoms with E-state index in [-0.39, 0.29) is 12.5 Å². The molecule has 3 heteroatoms. The van der Waals surface area contributed by atoms with Crippen molar-refractivity contribution in [2.24, 2.45) is 0 Å². The number of hydrogen-bond donors (Lipinski definition) is 2. The summed E-state index contributed by atoms with van der Waals surface area (Å²) in [5, 5.41) is 6.16. The molecule has 2 N–H and O–H groups in total.